The Morgan fingerprint density at radius 3 is 2.41 bits per heavy atom. The summed E-state index contributed by atoms with van der Waals surface area (Å²) in [5.74, 6) is 0.135. The van der Waals surface area contributed by atoms with Crippen LogP contribution in [0, 0.1) is 6.92 Å². The fourth-order valence-corrected chi connectivity index (χ4v) is 3.78. The highest BCUT2D eigenvalue weighted by Gasteiger charge is 2.57. The van der Waals surface area contributed by atoms with Crippen LogP contribution < -0.4 is 0 Å². The Balaban J connectivity index is 2.36. The van der Waals surface area contributed by atoms with Crippen molar-refractivity contribution in [2.45, 2.75) is 38.8 Å². The standard InChI is InChI=1S/C15H17NO/c1-10-6-5-7-12-13(10)15(4)9-8-14(12,3)16(15)11(2)17/h5-9H,1-4H3/t14-,15+/m0/s1. The van der Waals surface area contributed by atoms with Crippen molar-refractivity contribution in [2.24, 2.45) is 0 Å². The van der Waals surface area contributed by atoms with E-state index in [1.54, 1.807) is 6.92 Å². The molecule has 1 amide bonds. The van der Waals surface area contributed by atoms with Gasteiger partial charge in [0.05, 0.1) is 11.1 Å². The second-order valence-electron chi connectivity index (χ2n) is 5.48. The lowest BCUT2D eigenvalue weighted by molar-refractivity contribution is -0.136. The molecule has 0 unspecified atom stereocenters. The molecule has 0 spiro atoms. The van der Waals surface area contributed by atoms with Gasteiger partial charge in [0.1, 0.15) is 0 Å². The summed E-state index contributed by atoms with van der Waals surface area (Å²) in [5.41, 5.74) is 3.32. The van der Waals surface area contributed by atoms with E-state index >= 15 is 0 Å². The Hall–Kier alpha value is -1.57. The van der Waals surface area contributed by atoms with Crippen LogP contribution in [0.2, 0.25) is 0 Å². The average molecular weight is 227 g/mol. The van der Waals surface area contributed by atoms with Crippen molar-refractivity contribution in [3.63, 3.8) is 0 Å². The lowest BCUT2D eigenvalue weighted by Gasteiger charge is -2.35. The number of benzene rings is 1. The first-order valence-electron chi connectivity index (χ1n) is 6.03. The fraction of sp³-hybridized carbons (Fsp3) is 0.400. The molecule has 2 bridgehead atoms. The molecule has 1 aromatic carbocycles. The maximum absolute atomic E-state index is 12.0. The lowest BCUT2D eigenvalue weighted by atomic mass is 9.81. The molecule has 2 heterocycles. The van der Waals surface area contributed by atoms with Crippen LogP contribution in [-0.4, -0.2) is 10.8 Å². The van der Waals surface area contributed by atoms with E-state index in [-0.39, 0.29) is 17.0 Å². The molecule has 0 saturated carbocycles. The van der Waals surface area contributed by atoms with Crippen molar-refractivity contribution in [3.05, 3.63) is 47.0 Å². The Bertz CT molecular complexity index is 560. The van der Waals surface area contributed by atoms with Gasteiger partial charge in [-0.3, -0.25) is 4.79 Å². The minimum atomic E-state index is -0.263. The molecule has 2 heteroatoms. The molecule has 0 radical (unpaired) electrons. The quantitative estimate of drug-likeness (QED) is 0.624. The number of fused-ring (bicyclic) bond motifs is 5. The van der Waals surface area contributed by atoms with Gasteiger partial charge in [-0.25, -0.2) is 0 Å². The second kappa shape index (κ2) is 2.81. The maximum Gasteiger partial charge on any atom is 0.221 e. The van der Waals surface area contributed by atoms with E-state index in [0.717, 1.165) is 0 Å². The number of hydrogen-bond acceptors (Lipinski definition) is 1. The topological polar surface area (TPSA) is 20.3 Å². The molecule has 2 atom stereocenters. The summed E-state index contributed by atoms with van der Waals surface area (Å²) >= 11 is 0. The van der Waals surface area contributed by atoms with Gasteiger partial charge in [0.15, 0.2) is 0 Å². The Morgan fingerprint density at radius 2 is 1.82 bits per heavy atom. The van der Waals surface area contributed by atoms with Crippen molar-refractivity contribution in [1.29, 1.82) is 0 Å². The number of aryl methyl sites for hydroxylation is 1. The molecule has 0 N–H and O–H groups in total. The monoisotopic (exact) mass is 227 g/mol. The first-order chi connectivity index (χ1) is 7.91. The van der Waals surface area contributed by atoms with Gasteiger partial charge in [-0.15, -0.1) is 0 Å². The lowest BCUT2D eigenvalue weighted by Crippen LogP contribution is -2.45. The van der Waals surface area contributed by atoms with Crippen LogP contribution in [0.15, 0.2) is 30.4 Å². The molecular formula is C15H17NO. The Kier molecular flexibility index (Phi) is 1.75. The molecule has 0 aliphatic carbocycles. The van der Waals surface area contributed by atoms with Crippen molar-refractivity contribution >= 4 is 5.91 Å². The highest BCUT2D eigenvalue weighted by molar-refractivity contribution is 5.80. The first-order valence-corrected chi connectivity index (χ1v) is 6.03. The Labute approximate surface area is 102 Å². The largest absolute Gasteiger partial charge is 0.317 e. The van der Waals surface area contributed by atoms with Crippen molar-refractivity contribution < 1.29 is 4.79 Å². The third-order valence-electron chi connectivity index (χ3n) is 4.30. The zero-order valence-corrected chi connectivity index (χ0v) is 10.7. The first kappa shape index (κ1) is 10.6. The molecule has 0 aromatic heterocycles. The van der Waals surface area contributed by atoms with E-state index in [9.17, 15) is 4.79 Å². The van der Waals surface area contributed by atoms with E-state index in [4.69, 9.17) is 0 Å². The molecule has 2 nitrogen and oxygen atoms in total. The van der Waals surface area contributed by atoms with Gasteiger partial charge in [0.2, 0.25) is 5.91 Å². The molecule has 88 valence electrons. The van der Waals surface area contributed by atoms with Crippen molar-refractivity contribution in [2.75, 3.05) is 0 Å². The van der Waals surface area contributed by atoms with Crippen LogP contribution in [0.25, 0.3) is 0 Å². The zero-order valence-electron chi connectivity index (χ0n) is 10.7. The molecule has 2 aliphatic heterocycles. The van der Waals surface area contributed by atoms with Crippen LogP contribution in [0.1, 0.15) is 37.5 Å². The SMILES string of the molecule is CC(=O)N1[C@@]2(C)C=C[C@]1(C)c1c(C)cccc12. The predicted octanol–water partition coefficient (Wildman–Crippen LogP) is 2.86. The summed E-state index contributed by atoms with van der Waals surface area (Å²) in [6.07, 6.45) is 4.33. The zero-order chi connectivity index (χ0) is 12.4. The molecule has 3 rings (SSSR count). The summed E-state index contributed by atoms with van der Waals surface area (Å²) in [6, 6.07) is 6.35. The molecule has 0 fully saturated rings. The number of hydrogen-bond donors (Lipinski definition) is 0. The minimum Gasteiger partial charge on any atom is -0.317 e. The Morgan fingerprint density at radius 1 is 1.18 bits per heavy atom. The van der Waals surface area contributed by atoms with E-state index in [1.807, 2.05) is 4.90 Å². The average Bonchev–Trinajstić information content (AvgIpc) is 2.62. The summed E-state index contributed by atoms with van der Waals surface area (Å²) in [7, 11) is 0. The van der Waals surface area contributed by atoms with Gasteiger partial charge in [0.25, 0.3) is 0 Å². The molecule has 2 aliphatic rings. The van der Waals surface area contributed by atoms with Gasteiger partial charge in [-0.1, -0.05) is 30.4 Å². The summed E-state index contributed by atoms with van der Waals surface area (Å²) in [5, 5.41) is 0. The third-order valence-corrected chi connectivity index (χ3v) is 4.30. The number of amides is 1. The minimum absolute atomic E-state index is 0.135. The van der Waals surface area contributed by atoms with Crippen LogP contribution in [0.3, 0.4) is 0 Å². The van der Waals surface area contributed by atoms with Gasteiger partial charge in [-0.2, -0.15) is 0 Å². The summed E-state index contributed by atoms with van der Waals surface area (Å²) in [6.45, 7) is 8.04. The number of rotatable bonds is 0. The smallest absolute Gasteiger partial charge is 0.221 e. The molecule has 17 heavy (non-hydrogen) atoms. The van der Waals surface area contributed by atoms with Gasteiger partial charge >= 0.3 is 0 Å². The van der Waals surface area contributed by atoms with Crippen molar-refractivity contribution in [3.8, 4) is 0 Å². The highest BCUT2D eigenvalue weighted by Crippen LogP contribution is 2.56. The van der Waals surface area contributed by atoms with E-state index in [0.29, 0.717) is 0 Å². The second-order valence-corrected chi connectivity index (χ2v) is 5.48. The van der Waals surface area contributed by atoms with Crippen LogP contribution in [0.5, 0.6) is 0 Å². The number of nitrogens with zero attached hydrogens (tertiary/aromatic N) is 1. The predicted molar refractivity (Wildman–Crippen MR) is 67.5 cm³/mol. The molecule has 1 aromatic rings. The van der Waals surface area contributed by atoms with Crippen LogP contribution >= 0.6 is 0 Å². The molecule has 0 saturated heterocycles. The van der Waals surface area contributed by atoms with Crippen LogP contribution in [0.4, 0.5) is 0 Å². The number of carbonyl (C=O) groups is 1. The van der Waals surface area contributed by atoms with E-state index in [2.05, 4.69) is 51.1 Å². The normalized spacial score (nSPS) is 33.1. The fourth-order valence-electron chi connectivity index (χ4n) is 3.78. The summed E-state index contributed by atoms with van der Waals surface area (Å²) in [4.78, 5) is 14.0. The number of carbonyl (C=O) groups excluding carboxylic acids is 1. The summed E-state index contributed by atoms with van der Waals surface area (Å²) < 4.78 is 0. The van der Waals surface area contributed by atoms with Gasteiger partial charge in [0, 0.05) is 6.92 Å². The van der Waals surface area contributed by atoms with Crippen molar-refractivity contribution in [1.82, 2.24) is 4.90 Å². The van der Waals surface area contributed by atoms with Gasteiger partial charge < -0.3 is 4.90 Å². The highest BCUT2D eigenvalue weighted by atomic mass is 16.2. The van der Waals surface area contributed by atoms with Gasteiger partial charge in [-0.05, 0) is 37.5 Å². The van der Waals surface area contributed by atoms with Crippen LogP contribution in [-0.2, 0) is 15.9 Å². The third kappa shape index (κ3) is 0.991. The van der Waals surface area contributed by atoms with E-state index in [1.165, 1.54) is 16.7 Å². The maximum atomic E-state index is 12.0. The van der Waals surface area contributed by atoms with E-state index < -0.39 is 0 Å². The molecular weight excluding hydrogens is 210 g/mol.